The number of hydrogen-bond acceptors (Lipinski definition) is 3. The first kappa shape index (κ1) is 9.42. The van der Waals surface area contributed by atoms with Gasteiger partial charge in [0.15, 0.2) is 0 Å². The monoisotopic (exact) mass is 284 g/mol. The van der Waals surface area contributed by atoms with E-state index in [1.807, 2.05) is 6.20 Å². The lowest BCUT2D eigenvalue weighted by Crippen LogP contribution is -2.03. The molecule has 3 heterocycles. The van der Waals surface area contributed by atoms with Gasteiger partial charge in [-0.15, -0.1) is 0 Å². The molecule has 0 aromatic carbocycles. The third-order valence-electron chi connectivity index (χ3n) is 2.59. The first-order valence-corrected chi connectivity index (χ1v) is 6.25. The molecule has 1 N–H and O–H groups in total. The lowest BCUT2D eigenvalue weighted by atomic mass is 10.0. The van der Waals surface area contributed by atoms with Crippen LogP contribution in [0.5, 0.6) is 5.75 Å². The first-order valence-electron chi connectivity index (χ1n) is 4.68. The van der Waals surface area contributed by atoms with Crippen molar-refractivity contribution in [2.75, 3.05) is 6.61 Å². The Morgan fingerprint density at radius 1 is 1.67 bits per heavy atom. The normalized spacial score (nSPS) is 18.9. The molecule has 78 valence electrons. The molecular formula is C10H9BrN2OS. The fraction of sp³-hybridized carbons (Fsp3) is 0.300. The zero-order chi connectivity index (χ0) is 10.4. The van der Waals surface area contributed by atoms with E-state index >= 15 is 0 Å². The predicted molar refractivity (Wildman–Crippen MR) is 62.7 cm³/mol. The molecule has 0 aliphatic carbocycles. The van der Waals surface area contributed by atoms with Crippen molar-refractivity contribution in [1.29, 1.82) is 0 Å². The van der Waals surface area contributed by atoms with Gasteiger partial charge < -0.3 is 9.72 Å². The number of nitrogens with one attached hydrogen (secondary N) is 1. The highest BCUT2D eigenvalue weighted by molar-refractivity contribution is 9.10. The Bertz CT molecular complexity index is 505. The Morgan fingerprint density at radius 2 is 2.53 bits per heavy atom. The highest BCUT2D eigenvalue weighted by Crippen LogP contribution is 2.42. The zero-order valence-electron chi connectivity index (χ0n) is 8.08. The highest BCUT2D eigenvalue weighted by Gasteiger charge is 2.30. The van der Waals surface area contributed by atoms with Gasteiger partial charge in [0.1, 0.15) is 12.4 Å². The number of hydrogen-bond donors (Lipinski definition) is 1. The van der Waals surface area contributed by atoms with Crippen LogP contribution in [0, 0.1) is 6.92 Å². The van der Waals surface area contributed by atoms with E-state index in [-0.39, 0.29) is 5.92 Å². The summed E-state index contributed by atoms with van der Waals surface area (Å²) in [6, 6.07) is 2.13. The first-order chi connectivity index (χ1) is 7.25. The van der Waals surface area contributed by atoms with Crippen LogP contribution < -0.4 is 4.74 Å². The lowest BCUT2D eigenvalue weighted by Gasteiger charge is -2.04. The van der Waals surface area contributed by atoms with Crippen molar-refractivity contribution < 1.29 is 4.74 Å². The second-order valence-electron chi connectivity index (χ2n) is 3.61. The molecule has 0 spiro atoms. The molecule has 3 rings (SSSR count). The van der Waals surface area contributed by atoms with Gasteiger partial charge in [-0.3, -0.25) is 0 Å². The third-order valence-corrected chi connectivity index (χ3v) is 3.95. The minimum absolute atomic E-state index is 0.269. The molecule has 1 aliphatic rings. The number of H-pyrrole nitrogens is 1. The largest absolute Gasteiger partial charge is 0.491 e. The smallest absolute Gasteiger partial charge is 0.141 e. The van der Waals surface area contributed by atoms with E-state index in [2.05, 4.69) is 38.3 Å². The Kier molecular flexibility index (Phi) is 2.10. The van der Waals surface area contributed by atoms with E-state index in [9.17, 15) is 0 Å². The summed E-state index contributed by atoms with van der Waals surface area (Å²) in [5.74, 6) is 1.21. The van der Waals surface area contributed by atoms with Gasteiger partial charge in [0, 0.05) is 16.6 Å². The maximum Gasteiger partial charge on any atom is 0.141 e. The van der Waals surface area contributed by atoms with Gasteiger partial charge in [0.05, 0.1) is 16.2 Å². The summed E-state index contributed by atoms with van der Waals surface area (Å²) in [6.45, 7) is 2.77. The number of ether oxygens (including phenoxy) is 1. The molecule has 0 radical (unpaired) electrons. The number of aromatic nitrogens is 2. The van der Waals surface area contributed by atoms with Gasteiger partial charge in [-0.1, -0.05) is 0 Å². The molecule has 5 heteroatoms. The Labute approximate surface area is 99.8 Å². The van der Waals surface area contributed by atoms with Crippen LogP contribution >= 0.6 is 27.5 Å². The number of fused-ring (bicyclic) bond motifs is 1. The molecule has 0 fully saturated rings. The summed E-state index contributed by atoms with van der Waals surface area (Å²) in [6.07, 6.45) is 1.89. The van der Waals surface area contributed by atoms with E-state index in [1.165, 1.54) is 10.4 Å². The van der Waals surface area contributed by atoms with E-state index < -0.39 is 0 Å². The van der Waals surface area contributed by atoms with E-state index in [0.717, 1.165) is 16.0 Å². The summed E-state index contributed by atoms with van der Waals surface area (Å²) in [4.78, 5) is 4.35. The summed E-state index contributed by atoms with van der Waals surface area (Å²) < 4.78 is 11.0. The summed E-state index contributed by atoms with van der Waals surface area (Å²) >= 11 is 5.05. The summed E-state index contributed by atoms with van der Waals surface area (Å²) in [7, 11) is 0. The molecule has 1 unspecified atom stereocenters. The van der Waals surface area contributed by atoms with Gasteiger partial charge in [-0.25, -0.2) is 0 Å². The maximum absolute atomic E-state index is 5.60. The molecule has 0 amide bonds. The van der Waals surface area contributed by atoms with Gasteiger partial charge in [-0.2, -0.15) is 4.37 Å². The molecule has 0 saturated carbocycles. The zero-order valence-corrected chi connectivity index (χ0v) is 10.5. The standard InChI is InChI=1S/C10H9BrN2OS/c1-5-2-7(13-15-5)6-4-14-8-3-12-10(11)9(6)8/h2-3,6,12H,4H2,1H3. The number of nitrogens with zero attached hydrogens (tertiary/aromatic N) is 1. The van der Waals surface area contributed by atoms with Gasteiger partial charge in [0.2, 0.25) is 0 Å². The fourth-order valence-electron chi connectivity index (χ4n) is 1.88. The Hall–Kier alpha value is -0.810. The number of aromatic amines is 1. The van der Waals surface area contributed by atoms with Gasteiger partial charge in [-0.05, 0) is 40.5 Å². The van der Waals surface area contributed by atoms with Crippen LogP contribution in [0.1, 0.15) is 22.1 Å². The minimum atomic E-state index is 0.269. The third kappa shape index (κ3) is 1.41. The van der Waals surface area contributed by atoms with E-state index in [1.54, 1.807) is 11.5 Å². The second kappa shape index (κ2) is 3.35. The fourth-order valence-corrected chi connectivity index (χ4v) is 3.07. The molecule has 1 aliphatic heterocycles. The SMILES string of the molecule is Cc1cc(C2COc3c[nH]c(Br)c32)ns1. The van der Waals surface area contributed by atoms with Crippen LogP contribution in [-0.4, -0.2) is 16.0 Å². The average Bonchev–Trinajstić information content (AvgIpc) is 2.84. The number of halogens is 1. The highest BCUT2D eigenvalue weighted by atomic mass is 79.9. The Morgan fingerprint density at radius 3 is 3.27 bits per heavy atom. The van der Waals surface area contributed by atoms with Gasteiger partial charge >= 0.3 is 0 Å². The van der Waals surface area contributed by atoms with Crippen LogP contribution in [0.25, 0.3) is 0 Å². The van der Waals surface area contributed by atoms with E-state index in [4.69, 9.17) is 4.74 Å². The predicted octanol–water partition coefficient (Wildman–Crippen LogP) is 3.07. The maximum atomic E-state index is 5.60. The van der Waals surface area contributed by atoms with Crippen molar-refractivity contribution in [3.05, 3.63) is 33.0 Å². The average molecular weight is 285 g/mol. The molecule has 1 atom stereocenters. The van der Waals surface area contributed by atoms with Crippen molar-refractivity contribution in [2.45, 2.75) is 12.8 Å². The number of rotatable bonds is 1. The molecule has 15 heavy (non-hydrogen) atoms. The second-order valence-corrected chi connectivity index (χ2v) is 5.41. The topological polar surface area (TPSA) is 37.9 Å². The van der Waals surface area contributed by atoms with Crippen LogP contribution in [-0.2, 0) is 0 Å². The minimum Gasteiger partial charge on any atom is -0.491 e. The van der Waals surface area contributed by atoms with Crippen molar-refractivity contribution in [3.8, 4) is 5.75 Å². The molecule has 3 nitrogen and oxygen atoms in total. The molecular weight excluding hydrogens is 276 g/mol. The van der Waals surface area contributed by atoms with Crippen molar-refractivity contribution >= 4 is 27.5 Å². The van der Waals surface area contributed by atoms with Crippen molar-refractivity contribution in [2.24, 2.45) is 0 Å². The van der Waals surface area contributed by atoms with Crippen molar-refractivity contribution in [3.63, 3.8) is 0 Å². The Balaban J connectivity index is 2.06. The van der Waals surface area contributed by atoms with Crippen LogP contribution in [0.3, 0.4) is 0 Å². The van der Waals surface area contributed by atoms with Gasteiger partial charge in [0.25, 0.3) is 0 Å². The van der Waals surface area contributed by atoms with Crippen molar-refractivity contribution in [1.82, 2.24) is 9.36 Å². The van der Waals surface area contributed by atoms with E-state index in [0.29, 0.717) is 6.61 Å². The molecule has 0 bridgehead atoms. The molecule has 2 aromatic rings. The lowest BCUT2D eigenvalue weighted by molar-refractivity contribution is 0.340. The van der Waals surface area contributed by atoms with Crippen LogP contribution in [0.4, 0.5) is 0 Å². The number of aryl methyl sites for hydroxylation is 1. The quantitative estimate of drug-likeness (QED) is 0.874. The molecule has 0 saturated heterocycles. The molecule has 2 aromatic heterocycles. The summed E-state index contributed by atoms with van der Waals surface area (Å²) in [5, 5.41) is 0. The van der Waals surface area contributed by atoms with Crippen LogP contribution in [0.2, 0.25) is 0 Å². The van der Waals surface area contributed by atoms with Crippen LogP contribution in [0.15, 0.2) is 16.9 Å². The summed E-state index contributed by atoms with van der Waals surface area (Å²) in [5.41, 5.74) is 2.30.